The molecule has 0 heterocycles. The molecule has 0 aliphatic heterocycles. The molecule has 86 valence electrons. The molecule has 0 radical (unpaired) electrons. The second-order valence-corrected chi connectivity index (χ2v) is 4.27. The third kappa shape index (κ3) is 17.5. The largest absolute Gasteiger partial charge is 0.465 e. The third-order valence-electron chi connectivity index (χ3n) is 1.03. The zero-order valence-electron chi connectivity index (χ0n) is 10.2. The van der Waals surface area contributed by atoms with E-state index >= 15 is 0 Å². The van der Waals surface area contributed by atoms with Crippen LogP contribution in [0.25, 0.3) is 0 Å². The summed E-state index contributed by atoms with van der Waals surface area (Å²) in [4.78, 5) is 10.8. The Morgan fingerprint density at radius 2 is 1.50 bits per heavy atom. The van der Waals surface area contributed by atoms with Crippen LogP contribution in [0, 0.1) is 11.8 Å². The maximum atomic E-state index is 10.8. The first-order valence-corrected chi connectivity index (χ1v) is 5.12. The zero-order valence-corrected chi connectivity index (χ0v) is 10.2. The van der Waals surface area contributed by atoms with E-state index in [1.54, 1.807) is 13.8 Å². The van der Waals surface area contributed by atoms with Crippen molar-refractivity contribution in [2.45, 2.75) is 47.6 Å². The molecule has 0 aromatic heterocycles. The Bertz CT molecular complexity index is 137. The molecule has 0 saturated heterocycles. The van der Waals surface area contributed by atoms with Gasteiger partial charge in [0.2, 0.25) is 0 Å². The van der Waals surface area contributed by atoms with Crippen molar-refractivity contribution in [3.63, 3.8) is 0 Å². The summed E-state index contributed by atoms with van der Waals surface area (Å²) in [6.45, 7) is 11.7. The van der Waals surface area contributed by atoms with Gasteiger partial charge in [-0.05, 0) is 19.8 Å². The van der Waals surface area contributed by atoms with E-state index in [0.29, 0.717) is 12.5 Å². The van der Waals surface area contributed by atoms with Crippen molar-refractivity contribution in [2.75, 3.05) is 6.61 Å². The van der Waals surface area contributed by atoms with E-state index in [2.05, 4.69) is 0 Å². The molecule has 14 heavy (non-hydrogen) atoms. The number of ether oxygens (including phenoxy) is 1. The highest BCUT2D eigenvalue weighted by Gasteiger charge is 2.07. The van der Waals surface area contributed by atoms with E-state index in [4.69, 9.17) is 9.84 Å². The van der Waals surface area contributed by atoms with Gasteiger partial charge in [0, 0.05) is 6.10 Å². The fourth-order valence-corrected chi connectivity index (χ4v) is 0.415. The number of carbonyl (C=O) groups excluding carboxylic acids is 1. The topological polar surface area (TPSA) is 46.5 Å². The Hall–Kier alpha value is -0.570. The second-order valence-electron chi connectivity index (χ2n) is 4.27. The fourth-order valence-electron chi connectivity index (χ4n) is 0.415. The van der Waals surface area contributed by atoms with Gasteiger partial charge in [-0.25, -0.2) is 0 Å². The number of rotatable bonds is 3. The molecule has 0 aliphatic rings. The molecule has 0 aromatic rings. The van der Waals surface area contributed by atoms with Crippen LogP contribution < -0.4 is 0 Å². The number of aliphatic hydroxyl groups excluding tert-OH is 1. The van der Waals surface area contributed by atoms with E-state index in [1.165, 1.54) is 0 Å². The maximum absolute atomic E-state index is 10.8. The zero-order chi connectivity index (χ0) is 11.7. The molecule has 3 nitrogen and oxygen atoms in total. The number of aliphatic hydroxyl groups is 1. The third-order valence-corrected chi connectivity index (χ3v) is 1.03. The minimum absolute atomic E-state index is 0.00116. The van der Waals surface area contributed by atoms with Crippen LogP contribution in [0.15, 0.2) is 0 Å². The van der Waals surface area contributed by atoms with Gasteiger partial charge in [0.15, 0.2) is 0 Å². The van der Waals surface area contributed by atoms with Crippen LogP contribution in [0.1, 0.15) is 41.5 Å². The first-order valence-electron chi connectivity index (χ1n) is 5.12. The van der Waals surface area contributed by atoms with Gasteiger partial charge in [-0.3, -0.25) is 4.79 Å². The van der Waals surface area contributed by atoms with Crippen molar-refractivity contribution < 1.29 is 14.6 Å². The molecule has 0 rings (SSSR count). The Morgan fingerprint density at radius 3 is 1.71 bits per heavy atom. The van der Waals surface area contributed by atoms with Gasteiger partial charge >= 0.3 is 5.97 Å². The van der Waals surface area contributed by atoms with Gasteiger partial charge in [0.05, 0.1) is 12.5 Å². The van der Waals surface area contributed by atoms with E-state index < -0.39 is 0 Å². The summed E-state index contributed by atoms with van der Waals surface area (Å²) in [5, 5.41) is 8.06. The minimum Gasteiger partial charge on any atom is -0.465 e. The average molecular weight is 204 g/mol. The van der Waals surface area contributed by atoms with Crippen molar-refractivity contribution in [1.29, 1.82) is 0 Å². The van der Waals surface area contributed by atoms with Gasteiger partial charge in [-0.15, -0.1) is 0 Å². The van der Waals surface area contributed by atoms with Crippen molar-refractivity contribution in [2.24, 2.45) is 11.8 Å². The molecule has 1 N–H and O–H groups in total. The predicted octanol–water partition coefficient (Wildman–Crippen LogP) is 2.23. The average Bonchev–Trinajstić information content (AvgIpc) is 1.98. The first kappa shape index (κ1) is 15.9. The van der Waals surface area contributed by atoms with Gasteiger partial charge in [0.25, 0.3) is 0 Å². The number of carbonyl (C=O) groups is 1. The highest BCUT2D eigenvalue weighted by atomic mass is 16.5. The van der Waals surface area contributed by atoms with E-state index in [1.807, 2.05) is 27.7 Å². The van der Waals surface area contributed by atoms with Crippen LogP contribution in [0.5, 0.6) is 0 Å². The van der Waals surface area contributed by atoms with Crippen LogP contribution in [0.3, 0.4) is 0 Å². The summed E-state index contributed by atoms with van der Waals surface area (Å²) >= 11 is 0. The molecule has 0 amide bonds. The van der Waals surface area contributed by atoms with Crippen LogP contribution >= 0.6 is 0 Å². The van der Waals surface area contributed by atoms with E-state index in [0.717, 1.165) is 0 Å². The molecule has 0 unspecified atom stereocenters. The van der Waals surface area contributed by atoms with E-state index in [9.17, 15) is 4.79 Å². The summed E-state index contributed by atoms with van der Waals surface area (Å²) < 4.78 is 4.93. The summed E-state index contributed by atoms with van der Waals surface area (Å²) in [7, 11) is 0. The van der Waals surface area contributed by atoms with Gasteiger partial charge in [0.1, 0.15) is 0 Å². The van der Waals surface area contributed by atoms with Gasteiger partial charge in [-0.1, -0.05) is 27.7 Å². The van der Waals surface area contributed by atoms with Crippen molar-refractivity contribution in [3.8, 4) is 0 Å². The SMILES string of the molecule is CC(C)COC(=O)C(C)C.CC(C)O. The number of hydrogen-bond acceptors (Lipinski definition) is 3. The molecule has 0 spiro atoms. The lowest BCUT2D eigenvalue weighted by molar-refractivity contribution is -0.148. The van der Waals surface area contributed by atoms with Crippen LogP contribution in [-0.4, -0.2) is 23.8 Å². The molecule has 0 atom stereocenters. The lowest BCUT2D eigenvalue weighted by atomic mass is 10.2. The Labute approximate surface area is 87.5 Å². The highest BCUT2D eigenvalue weighted by molar-refractivity contribution is 5.71. The summed E-state index contributed by atoms with van der Waals surface area (Å²) in [6, 6.07) is 0. The number of hydrogen-bond donors (Lipinski definition) is 1. The van der Waals surface area contributed by atoms with Crippen LogP contribution in [0.2, 0.25) is 0 Å². The molecular weight excluding hydrogens is 180 g/mol. The molecule has 0 saturated carbocycles. The second kappa shape index (κ2) is 9.00. The summed E-state index contributed by atoms with van der Waals surface area (Å²) in [5.74, 6) is 0.329. The first-order chi connectivity index (χ1) is 6.27. The summed E-state index contributed by atoms with van der Waals surface area (Å²) in [6.07, 6.45) is -0.167. The lowest BCUT2D eigenvalue weighted by Gasteiger charge is -2.08. The molecular formula is C11H24O3. The standard InChI is InChI=1S/C8H16O2.C3H8O/c1-6(2)5-10-8(9)7(3)4;1-3(2)4/h6-7H,5H2,1-4H3;3-4H,1-2H3. The van der Waals surface area contributed by atoms with Gasteiger partial charge < -0.3 is 9.84 Å². The Balaban J connectivity index is 0. The van der Waals surface area contributed by atoms with Gasteiger partial charge in [-0.2, -0.15) is 0 Å². The minimum atomic E-state index is -0.167. The normalized spacial score (nSPS) is 10.1. The molecule has 0 fully saturated rings. The van der Waals surface area contributed by atoms with Crippen LogP contribution in [-0.2, 0) is 9.53 Å². The maximum Gasteiger partial charge on any atom is 0.308 e. The fraction of sp³-hybridized carbons (Fsp3) is 0.909. The summed E-state index contributed by atoms with van der Waals surface area (Å²) in [5.41, 5.74) is 0. The van der Waals surface area contributed by atoms with Crippen LogP contribution in [0.4, 0.5) is 0 Å². The predicted molar refractivity (Wildman–Crippen MR) is 58.0 cm³/mol. The molecule has 0 aromatic carbocycles. The Morgan fingerprint density at radius 1 is 1.14 bits per heavy atom. The van der Waals surface area contributed by atoms with Crippen molar-refractivity contribution in [1.82, 2.24) is 0 Å². The smallest absolute Gasteiger partial charge is 0.308 e. The monoisotopic (exact) mass is 204 g/mol. The quantitative estimate of drug-likeness (QED) is 0.717. The van der Waals surface area contributed by atoms with Crippen molar-refractivity contribution in [3.05, 3.63) is 0 Å². The van der Waals surface area contributed by atoms with E-state index in [-0.39, 0.29) is 18.0 Å². The Kier molecular flexibility index (Phi) is 10.2. The highest BCUT2D eigenvalue weighted by Crippen LogP contribution is 1.99. The lowest BCUT2D eigenvalue weighted by Crippen LogP contribution is -2.14. The van der Waals surface area contributed by atoms with Crippen molar-refractivity contribution >= 4 is 5.97 Å². The molecule has 0 bridgehead atoms. The molecule has 0 aliphatic carbocycles. The number of esters is 1. The molecule has 3 heteroatoms.